The standard InChI is InChI=1S/C9H12Cl2N2O3S/c1-2-3-12-17(15,16)13-6-4-7(10)9(14)8(11)5-6/h4-5,12-14H,2-3H2,1H3. The van der Waals surface area contributed by atoms with Gasteiger partial charge in [0.25, 0.3) is 10.2 Å². The first kappa shape index (κ1) is 14.4. The molecule has 1 rings (SSSR count). The molecule has 0 aliphatic heterocycles. The number of phenols is 1. The Labute approximate surface area is 110 Å². The molecule has 5 nitrogen and oxygen atoms in total. The summed E-state index contributed by atoms with van der Waals surface area (Å²) in [7, 11) is -3.64. The zero-order valence-electron chi connectivity index (χ0n) is 9.00. The van der Waals surface area contributed by atoms with Crippen LogP contribution in [0.1, 0.15) is 13.3 Å². The highest BCUT2D eigenvalue weighted by molar-refractivity contribution is 7.90. The van der Waals surface area contributed by atoms with Gasteiger partial charge in [-0.3, -0.25) is 4.72 Å². The second kappa shape index (κ2) is 5.77. The first-order valence-electron chi connectivity index (χ1n) is 4.81. The Balaban J connectivity index is 2.89. The summed E-state index contributed by atoms with van der Waals surface area (Å²) in [5, 5.41) is 9.27. The number of phenolic OH excluding ortho intramolecular Hbond substituents is 1. The molecular formula is C9H12Cl2N2O3S. The van der Waals surface area contributed by atoms with Crippen LogP contribution in [0, 0.1) is 0 Å². The van der Waals surface area contributed by atoms with Crippen LogP contribution in [0.3, 0.4) is 0 Å². The quantitative estimate of drug-likeness (QED) is 0.730. The van der Waals surface area contributed by atoms with Crippen LogP contribution in [0.4, 0.5) is 5.69 Å². The molecular weight excluding hydrogens is 287 g/mol. The van der Waals surface area contributed by atoms with Crippen molar-refractivity contribution < 1.29 is 13.5 Å². The van der Waals surface area contributed by atoms with Gasteiger partial charge in [0.1, 0.15) is 0 Å². The van der Waals surface area contributed by atoms with E-state index in [-0.39, 0.29) is 21.5 Å². The summed E-state index contributed by atoms with van der Waals surface area (Å²) in [6, 6.07) is 2.54. The highest BCUT2D eigenvalue weighted by Gasteiger charge is 2.12. The molecule has 0 radical (unpaired) electrons. The molecule has 0 aliphatic rings. The van der Waals surface area contributed by atoms with Gasteiger partial charge in [-0.2, -0.15) is 13.1 Å². The summed E-state index contributed by atoms with van der Waals surface area (Å²) in [4.78, 5) is 0. The number of nitrogens with one attached hydrogen (secondary N) is 2. The molecule has 0 fully saturated rings. The van der Waals surface area contributed by atoms with E-state index in [0.717, 1.165) is 0 Å². The molecule has 0 amide bonds. The third-order valence-electron chi connectivity index (χ3n) is 1.81. The number of rotatable bonds is 5. The zero-order valence-corrected chi connectivity index (χ0v) is 11.3. The van der Waals surface area contributed by atoms with Gasteiger partial charge >= 0.3 is 0 Å². The lowest BCUT2D eigenvalue weighted by molar-refractivity contribution is 0.476. The van der Waals surface area contributed by atoms with Crippen LogP contribution in [0.15, 0.2) is 12.1 Å². The van der Waals surface area contributed by atoms with Gasteiger partial charge in [0.05, 0.1) is 15.7 Å². The largest absolute Gasteiger partial charge is 0.505 e. The summed E-state index contributed by atoms with van der Waals surface area (Å²) in [5.74, 6) is -0.280. The predicted octanol–water partition coefficient (Wildman–Crippen LogP) is 2.36. The maximum atomic E-state index is 11.5. The zero-order chi connectivity index (χ0) is 13.1. The van der Waals surface area contributed by atoms with Crippen molar-refractivity contribution in [2.45, 2.75) is 13.3 Å². The van der Waals surface area contributed by atoms with E-state index in [1.165, 1.54) is 12.1 Å². The lowest BCUT2D eigenvalue weighted by atomic mass is 10.3. The molecule has 0 heterocycles. The van der Waals surface area contributed by atoms with Crippen molar-refractivity contribution in [1.82, 2.24) is 4.72 Å². The fourth-order valence-electron chi connectivity index (χ4n) is 1.05. The SMILES string of the molecule is CCCNS(=O)(=O)Nc1cc(Cl)c(O)c(Cl)c1. The van der Waals surface area contributed by atoms with Crippen molar-refractivity contribution in [3.05, 3.63) is 22.2 Å². The maximum absolute atomic E-state index is 11.5. The molecule has 96 valence electrons. The lowest BCUT2D eigenvalue weighted by Crippen LogP contribution is -2.30. The third-order valence-corrected chi connectivity index (χ3v) is 3.48. The Morgan fingerprint density at radius 2 is 1.82 bits per heavy atom. The first-order chi connectivity index (χ1) is 7.85. The van der Waals surface area contributed by atoms with Gasteiger partial charge in [0, 0.05) is 6.54 Å². The van der Waals surface area contributed by atoms with Gasteiger partial charge in [-0.1, -0.05) is 30.1 Å². The molecule has 1 aromatic rings. The molecule has 1 aromatic carbocycles. The molecule has 0 bridgehead atoms. The lowest BCUT2D eigenvalue weighted by Gasteiger charge is -2.10. The molecule has 3 N–H and O–H groups in total. The van der Waals surface area contributed by atoms with E-state index in [0.29, 0.717) is 13.0 Å². The van der Waals surface area contributed by atoms with Gasteiger partial charge in [0.15, 0.2) is 5.75 Å². The van der Waals surface area contributed by atoms with E-state index >= 15 is 0 Å². The van der Waals surface area contributed by atoms with E-state index in [4.69, 9.17) is 23.2 Å². The minimum Gasteiger partial charge on any atom is -0.505 e. The van der Waals surface area contributed by atoms with Crippen LogP contribution in [-0.2, 0) is 10.2 Å². The highest BCUT2D eigenvalue weighted by atomic mass is 35.5. The van der Waals surface area contributed by atoms with E-state index in [1.54, 1.807) is 0 Å². The van der Waals surface area contributed by atoms with E-state index in [2.05, 4.69) is 9.44 Å². The summed E-state index contributed by atoms with van der Waals surface area (Å²) in [6.45, 7) is 2.17. The van der Waals surface area contributed by atoms with Crippen LogP contribution >= 0.6 is 23.2 Å². The maximum Gasteiger partial charge on any atom is 0.299 e. The summed E-state index contributed by atoms with van der Waals surface area (Å²) < 4.78 is 27.6. The second-order valence-electron chi connectivity index (χ2n) is 3.29. The summed E-state index contributed by atoms with van der Waals surface area (Å²) in [6.07, 6.45) is 0.679. The molecule has 0 saturated heterocycles. The van der Waals surface area contributed by atoms with Gasteiger partial charge in [-0.05, 0) is 18.6 Å². The first-order valence-corrected chi connectivity index (χ1v) is 7.05. The Kier molecular flexibility index (Phi) is 4.88. The van der Waals surface area contributed by atoms with Gasteiger partial charge in [0.2, 0.25) is 0 Å². The molecule has 17 heavy (non-hydrogen) atoms. The second-order valence-corrected chi connectivity index (χ2v) is 5.60. The van der Waals surface area contributed by atoms with Crippen LogP contribution < -0.4 is 9.44 Å². The van der Waals surface area contributed by atoms with Crippen LogP contribution in [0.2, 0.25) is 10.0 Å². The smallest absolute Gasteiger partial charge is 0.299 e. The summed E-state index contributed by atoms with van der Waals surface area (Å²) >= 11 is 11.3. The van der Waals surface area contributed by atoms with E-state index in [1.807, 2.05) is 6.92 Å². The molecule has 0 atom stereocenters. The van der Waals surface area contributed by atoms with Crippen molar-refractivity contribution in [3.63, 3.8) is 0 Å². The predicted molar refractivity (Wildman–Crippen MR) is 69.0 cm³/mol. The van der Waals surface area contributed by atoms with Gasteiger partial charge in [-0.15, -0.1) is 0 Å². The van der Waals surface area contributed by atoms with Crippen LogP contribution in [0.25, 0.3) is 0 Å². The molecule has 0 aromatic heterocycles. The Hall–Kier alpha value is -0.690. The third kappa shape index (κ3) is 4.23. The van der Waals surface area contributed by atoms with Crippen molar-refractivity contribution in [1.29, 1.82) is 0 Å². The fourth-order valence-corrected chi connectivity index (χ4v) is 2.51. The number of halogens is 2. The van der Waals surface area contributed by atoms with Gasteiger partial charge < -0.3 is 5.11 Å². The Morgan fingerprint density at radius 3 is 2.29 bits per heavy atom. The average molecular weight is 299 g/mol. The highest BCUT2D eigenvalue weighted by Crippen LogP contribution is 2.34. The van der Waals surface area contributed by atoms with Crippen LogP contribution in [0.5, 0.6) is 5.75 Å². The van der Waals surface area contributed by atoms with Gasteiger partial charge in [-0.25, -0.2) is 0 Å². The monoisotopic (exact) mass is 298 g/mol. The number of anilines is 1. The number of hydrogen-bond acceptors (Lipinski definition) is 3. The number of benzene rings is 1. The number of aromatic hydroxyl groups is 1. The number of hydrogen-bond donors (Lipinski definition) is 3. The molecule has 0 spiro atoms. The van der Waals surface area contributed by atoms with Crippen LogP contribution in [-0.4, -0.2) is 20.1 Å². The molecule has 0 unspecified atom stereocenters. The fraction of sp³-hybridized carbons (Fsp3) is 0.333. The van der Waals surface area contributed by atoms with Crippen molar-refractivity contribution in [2.75, 3.05) is 11.3 Å². The van der Waals surface area contributed by atoms with E-state index in [9.17, 15) is 13.5 Å². The Bertz CT molecular complexity index is 482. The minimum absolute atomic E-state index is 0.0225. The topological polar surface area (TPSA) is 78.4 Å². The minimum atomic E-state index is -3.64. The van der Waals surface area contributed by atoms with E-state index < -0.39 is 10.2 Å². The normalized spacial score (nSPS) is 11.5. The Morgan fingerprint density at radius 1 is 1.29 bits per heavy atom. The van der Waals surface area contributed by atoms with Crippen molar-refractivity contribution >= 4 is 39.1 Å². The molecule has 8 heteroatoms. The summed E-state index contributed by atoms with van der Waals surface area (Å²) in [5.41, 5.74) is 0.182. The van der Waals surface area contributed by atoms with Crippen molar-refractivity contribution in [2.24, 2.45) is 0 Å². The molecule has 0 aliphatic carbocycles. The van der Waals surface area contributed by atoms with Crippen molar-refractivity contribution in [3.8, 4) is 5.75 Å². The average Bonchev–Trinajstić information content (AvgIpc) is 2.22. The molecule has 0 saturated carbocycles.